The predicted molar refractivity (Wildman–Crippen MR) is 72.1 cm³/mol. The maximum Gasteiger partial charge on any atom is 0.238 e. The molecule has 1 amide bonds. The van der Waals surface area contributed by atoms with Crippen molar-refractivity contribution in [2.45, 2.75) is 25.3 Å². The van der Waals surface area contributed by atoms with Gasteiger partial charge in [-0.3, -0.25) is 10.1 Å². The highest BCUT2D eigenvalue weighted by atomic mass is 32.2. The minimum absolute atomic E-state index is 0.0393. The number of hydrogen-bond donors (Lipinski definition) is 2. The second-order valence-corrected chi connectivity index (χ2v) is 6.13. The van der Waals surface area contributed by atoms with E-state index in [-0.39, 0.29) is 11.9 Å². The van der Waals surface area contributed by atoms with E-state index in [1.54, 1.807) is 11.8 Å². The first-order valence-electron chi connectivity index (χ1n) is 6.53. The summed E-state index contributed by atoms with van der Waals surface area (Å²) in [6.07, 6.45) is 3.70. The maximum atomic E-state index is 11.7. The van der Waals surface area contributed by atoms with Crippen LogP contribution in [0.25, 0.3) is 0 Å². The van der Waals surface area contributed by atoms with Crippen LogP contribution in [0.1, 0.15) is 19.3 Å². The maximum absolute atomic E-state index is 11.7. The molecule has 2 N–H and O–H groups in total. The predicted octanol–water partition coefficient (Wildman–Crippen LogP) is 0.497. The lowest BCUT2D eigenvalue weighted by molar-refractivity contribution is -0.122. The molecule has 0 bridgehead atoms. The zero-order valence-corrected chi connectivity index (χ0v) is 11.4. The summed E-state index contributed by atoms with van der Waals surface area (Å²) < 4.78 is 0. The van der Waals surface area contributed by atoms with Crippen LogP contribution < -0.4 is 10.6 Å². The summed E-state index contributed by atoms with van der Waals surface area (Å²) in [4.78, 5) is 14.1. The van der Waals surface area contributed by atoms with Crippen LogP contribution in [0.5, 0.6) is 0 Å². The molecule has 0 aromatic heterocycles. The molecule has 2 heterocycles. The molecular weight excluding hydrogens is 234 g/mol. The standard InChI is InChI=1S/C12H23N3OS/c1-15-6-3-10(4-7-15)2-5-13-12(16)11-8-17-9-14-11/h10-11,14H,2-9H2,1H3,(H,13,16). The van der Waals surface area contributed by atoms with Crippen LogP contribution in [0.15, 0.2) is 0 Å². The topological polar surface area (TPSA) is 44.4 Å². The summed E-state index contributed by atoms with van der Waals surface area (Å²) >= 11 is 1.79. The number of likely N-dealkylation sites (tertiary alicyclic amines) is 1. The number of thioether (sulfide) groups is 1. The lowest BCUT2D eigenvalue weighted by Gasteiger charge is -2.28. The van der Waals surface area contributed by atoms with Crippen molar-refractivity contribution in [2.24, 2.45) is 5.92 Å². The van der Waals surface area contributed by atoms with E-state index in [9.17, 15) is 4.79 Å². The molecule has 1 unspecified atom stereocenters. The van der Waals surface area contributed by atoms with Gasteiger partial charge in [-0.05, 0) is 45.3 Å². The fraction of sp³-hybridized carbons (Fsp3) is 0.917. The van der Waals surface area contributed by atoms with Gasteiger partial charge in [0.25, 0.3) is 0 Å². The molecule has 2 rings (SSSR count). The van der Waals surface area contributed by atoms with Crippen molar-refractivity contribution in [1.82, 2.24) is 15.5 Å². The van der Waals surface area contributed by atoms with Crippen LogP contribution in [0.4, 0.5) is 0 Å². The van der Waals surface area contributed by atoms with Gasteiger partial charge in [-0.2, -0.15) is 0 Å². The van der Waals surface area contributed by atoms with E-state index in [1.807, 2.05) is 0 Å². The Bertz CT molecular complexity index is 248. The first kappa shape index (κ1) is 13.2. The number of amides is 1. The van der Waals surface area contributed by atoms with Crippen molar-refractivity contribution in [2.75, 3.05) is 38.3 Å². The largest absolute Gasteiger partial charge is 0.355 e. The molecule has 4 nitrogen and oxygen atoms in total. The van der Waals surface area contributed by atoms with Crippen molar-refractivity contribution in [3.05, 3.63) is 0 Å². The van der Waals surface area contributed by atoms with Gasteiger partial charge >= 0.3 is 0 Å². The molecule has 0 saturated carbocycles. The molecule has 2 aliphatic rings. The number of nitrogens with zero attached hydrogens (tertiary/aromatic N) is 1. The molecule has 0 aromatic rings. The SMILES string of the molecule is CN1CCC(CCNC(=O)C2CSCN2)CC1. The Morgan fingerprint density at radius 3 is 2.88 bits per heavy atom. The highest BCUT2D eigenvalue weighted by Crippen LogP contribution is 2.18. The molecule has 0 aliphatic carbocycles. The Labute approximate surface area is 108 Å². The zero-order chi connectivity index (χ0) is 12.1. The van der Waals surface area contributed by atoms with E-state index < -0.39 is 0 Å². The second-order valence-electron chi connectivity index (χ2n) is 5.10. The molecule has 0 radical (unpaired) electrons. The van der Waals surface area contributed by atoms with Gasteiger partial charge in [0.15, 0.2) is 0 Å². The molecular formula is C12H23N3OS. The van der Waals surface area contributed by atoms with Gasteiger partial charge in [-0.25, -0.2) is 0 Å². The van der Waals surface area contributed by atoms with Crippen molar-refractivity contribution < 1.29 is 4.79 Å². The normalized spacial score (nSPS) is 27.2. The van der Waals surface area contributed by atoms with Crippen LogP contribution in [0, 0.1) is 5.92 Å². The van der Waals surface area contributed by atoms with Gasteiger partial charge in [-0.1, -0.05) is 0 Å². The van der Waals surface area contributed by atoms with Crippen molar-refractivity contribution in [3.8, 4) is 0 Å². The van der Waals surface area contributed by atoms with Gasteiger partial charge in [0.2, 0.25) is 5.91 Å². The van der Waals surface area contributed by atoms with Crippen molar-refractivity contribution >= 4 is 17.7 Å². The first-order valence-corrected chi connectivity index (χ1v) is 7.68. The average Bonchev–Trinajstić information content (AvgIpc) is 2.85. The zero-order valence-electron chi connectivity index (χ0n) is 10.6. The van der Waals surface area contributed by atoms with Crippen LogP contribution >= 0.6 is 11.8 Å². The molecule has 2 aliphatic heterocycles. The molecule has 0 spiro atoms. The number of carbonyl (C=O) groups is 1. The lowest BCUT2D eigenvalue weighted by atomic mass is 9.94. The van der Waals surface area contributed by atoms with Crippen molar-refractivity contribution in [3.63, 3.8) is 0 Å². The van der Waals surface area contributed by atoms with Crippen LogP contribution in [-0.4, -0.2) is 55.2 Å². The van der Waals surface area contributed by atoms with E-state index in [0.29, 0.717) is 0 Å². The number of nitrogens with one attached hydrogen (secondary N) is 2. The lowest BCUT2D eigenvalue weighted by Crippen LogP contribution is -2.42. The van der Waals surface area contributed by atoms with E-state index in [2.05, 4.69) is 22.6 Å². The van der Waals surface area contributed by atoms with Gasteiger partial charge in [-0.15, -0.1) is 11.8 Å². The Kier molecular flexibility index (Phi) is 5.13. The second kappa shape index (κ2) is 6.61. The number of piperidine rings is 1. The summed E-state index contributed by atoms with van der Waals surface area (Å²) in [5.74, 6) is 2.81. The number of carbonyl (C=O) groups excluding carboxylic acids is 1. The minimum atomic E-state index is 0.0393. The van der Waals surface area contributed by atoms with Gasteiger partial charge in [0.05, 0.1) is 6.04 Å². The third-order valence-corrected chi connectivity index (χ3v) is 4.66. The van der Waals surface area contributed by atoms with E-state index >= 15 is 0 Å². The summed E-state index contributed by atoms with van der Waals surface area (Å²) in [6.45, 7) is 3.26. The minimum Gasteiger partial charge on any atom is -0.355 e. The van der Waals surface area contributed by atoms with Crippen LogP contribution in [0.2, 0.25) is 0 Å². The fourth-order valence-corrected chi connectivity index (χ4v) is 3.38. The van der Waals surface area contributed by atoms with E-state index in [1.165, 1.54) is 25.9 Å². The Hall–Kier alpha value is -0.260. The Morgan fingerprint density at radius 1 is 1.47 bits per heavy atom. The molecule has 17 heavy (non-hydrogen) atoms. The van der Waals surface area contributed by atoms with Crippen LogP contribution in [0.3, 0.4) is 0 Å². The summed E-state index contributed by atoms with van der Waals surface area (Å²) in [7, 11) is 2.18. The highest BCUT2D eigenvalue weighted by molar-refractivity contribution is 7.99. The van der Waals surface area contributed by atoms with Gasteiger partial charge in [0.1, 0.15) is 0 Å². The molecule has 0 aromatic carbocycles. The molecule has 1 atom stereocenters. The highest BCUT2D eigenvalue weighted by Gasteiger charge is 2.22. The van der Waals surface area contributed by atoms with E-state index in [4.69, 9.17) is 0 Å². The summed E-state index contributed by atoms with van der Waals surface area (Å²) in [5.41, 5.74) is 0. The molecule has 2 fully saturated rings. The molecule has 2 saturated heterocycles. The number of rotatable bonds is 4. The molecule has 98 valence electrons. The number of hydrogen-bond acceptors (Lipinski definition) is 4. The fourth-order valence-electron chi connectivity index (χ4n) is 2.44. The monoisotopic (exact) mass is 257 g/mol. The third kappa shape index (κ3) is 4.16. The smallest absolute Gasteiger partial charge is 0.238 e. The van der Waals surface area contributed by atoms with Gasteiger partial charge in [0, 0.05) is 18.2 Å². The van der Waals surface area contributed by atoms with E-state index in [0.717, 1.165) is 30.5 Å². The first-order chi connectivity index (χ1) is 8.25. The summed E-state index contributed by atoms with van der Waals surface area (Å²) in [6, 6.07) is 0.0393. The Balaban J connectivity index is 1.57. The van der Waals surface area contributed by atoms with Crippen molar-refractivity contribution in [1.29, 1.82) is 0 Å². The Morgan fingerprint density at radius 2 is 2.24 bits per heavy atom. The van der Waals surface area contributed by atoms with Crippen LogP contribution in [-0.2, 0) is 4.79 Å². The molecule has 5 heteroatoms. The average molecular weight is 257 g/mol. The summed E-state index contributed by atoms with van der Waals surface area (Å²) in [5, 5.41) is 6.25. The quantitative estimate of drug-likeness (QED) is 0.770. The van der Waals surface area contributed by atoms with Gasteiger partial charge < -0.3 is 10.2 Å². The third-order valence-electron chi connectivity index (χ3n) is 3.72.